The predicted molar refractivity (Wildman–Crippen MR) is 80.3 cm³/mol. The zero-order chi connectivity index (χ0) is 15.2. The zero-order valence-corrected chi connectivity index (χ0v) is 12.7. The lowest BCUT2D eigenvalue weighted by atomic mass is 10.0. The lowest BCUT2D eigenvalue weighted by molar-refractivity contribution is -0.137. The Morgan fingerprint density at radius 1 is 1.14 bits per heavy atom. The highest BCUT2D eigenvalue weighted by Gasteiger charge is 2.17. The van der Waals surface area contributed by atoms with E-state index in [2.05, 4.69) is 17.0 Å². The summed E-state index contributed by atoms with van der Waals surface area (Å²) >= 11 is 0. The highest BCUT2D eigenvalue weighted by Crippen LogP contribution is 2.32. The van der Waals surface area contributed by atoms with Crippen molar-refractivity contribution in [2.75, 3.05) is 33.9 Å². The monoisotopic (exact) mass is 293 g/mol. The van der Waals surface area contributed by atoms with E-state index in [1.807, 2.05) is 0 Å². The molecule has 21 heavy (non-hydrogen) atoms. The summed E-state index contributed by atoms with van der Waals surface area (Å²) in [7, 11) is 3.30. The van der Waals surface area contributed by atoms with Gasteiger partial charge in [0, 0.05) is 19.5 Å². The Morgan fingerprint density at radius 2 is 1.67 bits per heavy atom. The molecular formula is C16H23NO4. The largest absolute Gasteiger partial charge is 0.493 e. The molecule has 1 aliphatic heterocycles. The van der Waals surface area contributed by atoms with Crippen molar-refractivity contribution >= 4 is 5.97 Å². The fourth-order valence-corrected chi connectivity index (χ4v) is 2.78. The Labute approximate surface area is 125 Å². The summed E-state index contributed by atoms with van der Waals surface area (Å²) in [5.41, 5.74) is 2.60. The molecule has 1 aromatic rings. The number of nitrogens with zero attached hydrogens (tertiary/aromatic N) is 1. The molecule has 1 aliphatic rings. The average molecular weight is 293 g/mol. The van der Waals surface area contributed by atoms with Crippen LogP contribution in [0.5, 0.6) is 11.5 Å². The summed E-state index contributed by atoms with van der Waals surface area (Å²) in [6, 6.07) is 4.13. The quantitative estimate of drug-likeness (QED) is 0.869. The Kier molecular flexibility index (Phi) is 5.44. The van der Waals surface area contributed by atoms with Gasteiger partial charge in [-0.15, -0.1) is 0 Å². The lowest BCUT2D eigenvalue weighted by Crippen LogP contribution is -2.27. The molecule has 0 spiro atoms. The summed E-state index contributed by atoms with van der Waals surface area (Å²) in [5.74, 6) is 0.828. The number of rotatable bonds is 6. The van der Waals surface area contributed by atoms with E-state index < -0.39 is 5.97 Å². The molecule has 0 unspecified atom stereocenters. The van der Waals surface area contributed by atoms with Crippen molar-refractivity contribution in [2.24, 2.45) is 0 Å². The number of carboxylic acids is 1. The van der Waals surface area contributed by atoms with E-state index in [0.717, 1.165) is 44.0 Å². The number of carbonyl (C=O) groups is 1. The summed E-state index contributed by atoms with van der Waals surface area (Å²) < 4.78 is 10.7. The van der Waals surface area contributed by atoms with Gasteiger partial charge in [0.05, 0.1) is 14.2 Å². The van der Waals surface area contributed by atoms with Gasteiger partial charge in [0.25, 0.3) is 0 Å². The standard InChI is InChI=1S/C16H23NO4/c1-20-14-10-12-5-8-17(7-3-4-16(18)19)9-6-13(12)11-15(14)21-2/h10-11H,3-9H2,1-2H3,(H,18,19). The van der Waals surface area contributed by atoms with E-state index in [9.17, 15) is 4.79 Å². The number of fused-ring (bicyclic) bond motifs is 1. The van der Waals surface area contributed by atoms with Crippen LogP contribution in [0.1, 0.15) is 24.0 Å². The normalized spacial score (nSPS) is 15.1. The molecule has 116 valence electrons. The first-order chi connectivity index (χ1) is 10.1. The third-order valence-corrected chi connectivity index (χ3v) is 3.97. The van der Waals surface area contributed by atoms with Crippen molar-refractivity contribution in [3.05, 3.63) is 23.3 Å². The van der Waals surface area contributed by atoms with Gasteiger partial charge in [-0.3, -0.25) is 4.79 Å². The fourth-order valence-electron chi connectivity index (χ4n) is 2.78. The van der Waals surface area contributed by atoms with Gasteiger partial charge >= 0.3 is 5.97 Å². The number of carboxylic acid groups (broad SMARTS) is 1. The number of benzene rings is 1. The molecule has 0 saturated carbocycles. The Hall–Kier alpha value is -1.75. The van der Waals surface area contributed by atoms with Crippen LogP contribution < -0.4 is 9.47 Å². The van der Waals surface area contributed by atoms with Crippen molar-refractivity contribution in [1.82, 2.24) is 4.90 Å². The molecule has 0 radical (unpaired) electrons. The molecule has 0 bridgehead atoms. The minimum Gasteiger partial charge on any atom is -0.493 e. The molecular weight excluding hydrogens is 270 g/mol. The summed E-state index contributed by atoms with van der Waals surface area (Å²) in [6.07, 6.45) is 2.87. The van der Waals surface area contributed by atoms with Crippen molar-refractivity contribution in [2.45, 2.75) is 25.7 Å². The maximum atomic E-state index is 10.6. The fraction of sp³-hybridized carbons (Fsp3) is 0.562. The highest BCUT2D eigenvalue weighted by molar-refractivity contribution is 5.66. The van der Waals surface area contributed by atoms with Crippen LogP contribution in [-0.2, 0) is 17.6 Å². The molecule has 5 heteroatoms. The number of hydrogen-bond donors (Lipinski definition) is 1. The van der Waals surface area contributed by atoms with Gasteiger partial charge in [-0.05, 0) is 49.1 Å². The van der Waals surface area contributed by atoms with Crippen molar-refractivity contribution < 1.29 is 19.4 Å². The van der Waals surface area contributed by atoms with Crippen molar-refractivity contribution in [3.8, 4) is 11.5 Å². The molecule has 1 heterocycles. The molecule has 5 nitrogen and oxygen atoms in total. The van der Waals surface area contributed by atoms with Crippen LogP contribution in [0, 0.1) is 0 Å². The number of hydrogen-bond acceptors (Lipinski definition) is 4. The van der Waals surface area contributed by atoms with Gasteiger partial charge in [0.2, 0.25) is 0 Å². The Balaban J connectivity index is 2.01. The molecule has 1 N–H and O–H groups in total. The van der Waals surface area contributed by atoms with Crippen LogP contribution in [0.2, 0.25) is 0 Å². The topological polar surface area (TPSA) is 59.0 Å². The van der Waals surface area contributed by atoms with Crippen LogP contribution in [0.4, 0.5) is 0 Å². The van der Waals surface area contributed by atoms with E-state index >= 15 is 0 Å². The van der Waals surface area contributed by atoms with Gasteiger partial charge in [0.1, 0.15) is 0 Å². The van der Waals surface area contributed by atoms with Gasteiger partial charge in [0.15, 0.2) is 11.5 Å². The molecule has 0 aliphatic carbocycles. The molecule has 2 rings (SSSR count). The summed E-state index contributed by atoms with van der Waals surface area (Å²) in [6.45, 7) is 2.76. The molecule has 0 amide bonds. The van der Waals surface area contributed by atoms with E-state index in [0.29, 0.717) is 6.42 Å². The zero-order valence-electron chi connectivity index (χ0n) is 12.7. The maximum absolute atomic E-state index is 10.6. The predicted octanol–water partition coefficient (Wildman–Crippen LogP) is 1.97. The van der Waals surface area contributed by atoms with E-state index in [-0.39, 0.29) is 6.42 Å². The summed E-state index contributed by atoms with van der Waals surface area (Å²) in [5, 5.41) is 8.71. The van der Waals surface area contributed by atoms with Crippen LogP contribution in [0.25, 0.3) is 0 Å². The number of ether oxygens (including phenoxy) is 2. The van der Waals surface area contributed by atoms with Gasteiger partial charge in [-0.25, -0.2) is 0 Å². The van der Waals surface area contributed by atoms with Gasteiger partial charge in [-0.2, -0.15) is 0 Å². The minimum absolute atomic E-state index is 0.241. The van der Waals surface area contributed by atoms with Gasteiger partial charge < -0.3 is 19.5 Å². The van der Waals surface area contributed by atoms with E-state index in [1.165, 1.54) is 11.1 Å². The van der Waals surface area contributed by atoms with Crippen LogP contribution in [0.3, 0.4) is 0 Å². The average Bonchev–Trinajstić information content (AvgIpc) is 2.67. The third kappa shape index (κ3) is 4.11. The minimum atomic E-state index is -0.720. The molecule has 0 fully saturated rings. The van der Waals surface area contributed by atoms with Gasteiger partial charge in [-0.1, -0.05) is 0 Å². The molecule has 0 aromatic heterocycles. The van der Waals surface area contributed by atoms with Crippen LogP contribution in [-0.4, -0.2) is 49.8 Å². The second-order valence-corrected chi connectivity index (χ2v) is 5.31. The van der Waals surface area contributed by atoms with Crippen molar-refractivity contribution in [3.63, 3.8) is 0 Å². The first-order valence-corrected chi connectivity index (χ1v) is 7.32. The highest BCUT2D eigenvalue weighted by atomic mass is 16.5. The number of aliphatic carboxylic acids is 1. The van der Waals surface area contributed by atoms with E-state index in [1.54, 1.807) is 14.2 Å². The first kappa shape index (κ1) is 15.6. The molecule has 1 aromatic carbocycles. The Bertz CT molecular complexity index is 466. The lowest BCUT2D eigenvalue weighted by Gasteiger charge is -2.18. The molecule has 0 saturated heterocycles. The SMILES string of the molecule is COc1cc2c(cc1OC)CCN(CCCC(=O)O)CC2. The van der Waals surface area contributed by atoms with Crippen LogP contribution in [0.15, 0.2) is 12.1 Å². The summed E-state index contributed by atoms with van der Waals surface area (Å²) in [4.78, 5) is 12.9. The number of methoxy groups -OCH3 is 2. The second-order valence-electron chi connectivity index (χ2n) is 5.31. The molecule has 0 atom stereocenters. The van der Waals surface area contributed by atoms with Crippen LogP contribution >= 0.6 is 0 Å². The maximum Gasteiger partial charge on any atom is 0.303 e. The van der Waals surface area contributed by atoms with Crippen molar-refractivity contribution in [1.29, 1.82) is 0 Å². The second kappa shape index (κ2) is 7.31. The third-order valence-electron chi connectivity index (χ3n) is 3.97. The van der Waals surface area contributed by atoms with E-state index in [4.69, 9.17) is 14.6 Å². The Morgan fingerprint density at radius 3 is 2.10 bits per heavy atom. The first-order valence-electron chi connectivity index (χ1n) is 7.32. The smallest absolute Gasteiger partial charge is 0.303 e.